The van der Waals surface area contributed by atoms with E-state index in [0.717, 1.165) is 6.07 Å². The molecule has 0 spiro atoms. The van der Waals surface area contributed by atoms with Crippen molar-refractivity contribution in [1.29, 1.82) is 0 Å². The number of hydrogen-bond acceptors (Lipinski definition) is 5. The molecule has 1 unspecified atom stereocenters. The Balaban J connectivity index is 1.52. The number of benzene rings is 2. The maximum absolute atomic E-state index is 13.1. The minimum Gasteiger partial charge on any atom is -0.497 e. The molecule has 0 amide bonds. The van der Waals surface area contributed by atoms with Gasteiger partial charge in [-0.25, -0.2) is 0 Å². The molecule has 2 aromatic rings. The minimum atomic E-state index is -4.59. The van der Waals surface area contributed by atoms with Gasteiger partial charge in [0.2, 0.25) is 0 Å². The zero-order chi connectivity index (χ0) is 22.6. The maximum atomic E-state index is 13.1. The Morgan fingerprint density at radius 1 is 1.10 bits per heavy atom. The Bertz CT molecular complexity index is 868. The third-order valence-electron chi connectivity index (χ3n) is 5.46. The van der Waals surface area contributed by atoms with E-state index in [1.165, 1.54) is 12.1 Å². The first kappa shape index (κ1) is 23.7. The van der Waals surface area contributed by atoms with Crippen molar-refractivity contribution in [2.75, 3.05) is 33.4 Å². The van der Waals surface area contributed by atoms with Crippen LogP contribution in [0.25, 0.3) is 0 Å². The number of alkyl halides is 3. The van der Waals surface area contributed by atoms with Gasteiger partial charge in [0.05, 0.1) is 23.3 Å². The maximum Gasteiger partial charge on any atom is 0.417 e. The average Bonchev–Trinajstić information content (AvgIpc) is 2.74. The second-order valence-electron chi connectivity index (χ2n) is 7.66. The summed E-state index contributed by atoms with van der Waals surface area (Å²) in [6.45, 7) is 1.29. The molecule has 5 nitrogen and oxygen atoms in total. The van der Waals surface area contributed by atoms with Crippen molar-refractivity contribution in [2.24, 2.45) is 0 Å². The first-order valence-electron chi connectivity index (χ1n) is 9.87. The molecule has 0 radical (unpaired) electrons. The molecule has 0 saturated carbocycles. The molecule has 2 N–H and O–H groups in total. The highest BCUT2D eigenvalue weighted by Gasteiger charge is 2.38. The number of rotatable bonds is 7. The van der Waals surface area contributed by atoms with Crippen molar-refractivity contribution in [1.82, 2.24) is 4.90 Å². The summed E-state index contributed by atoms with van der Waals surface area (Å²) in [4.78, 5) is 1.96. The molecule has 1 atom stereocenters. The molecule has 170 valence electrons. The summed E-state index contributed by atoms with van der Waals surface area (Å²) in [5.74, 6) is 1.31. The van der Waals surface area contributed by atoms with Crippen molar-refractivity contribution in [2.45, 2.75) is 30.7 Å². The fourth-order valence-corrected chi connectivity index (χ4v) is 3.87. The smallest absolute Gasteiger partial charge is 0.417 e. The van der Waals surface area contributed by atoms with Crippen molar-refractivity contribution in [3.63, 3.8) is 0 Å². The van der Waals surface area contributed by atoms with Gasteiger partial charge in [-0.2, -0.15) is 13.2 Å². The second-order valence-corrected chi connectivity index (χ2v) is 8.07. The first-order valence-corrected chi connectivity index (χ1v) is 10.3. The Kier molecular flexibility index (Phi) is 7.36. The lowest BCUT2D eigenvalue weighted by Gasteiger charge is -2.39. The number of aliphatic hydroxyl groups excluding tert-OH is 1. The summed E-state index contributed by atoms with van der Waals surface area (Å²) in [6.07, 6.45) is -4.84. The summed E-state index contributed by atoms with van der Waals surface area (Å²) in [6, 6.07) is 10.5. The van der Waals surface area contributed by atoms with E-state index in [2.05, 4.69) is 0 Å². The Labute approximate surface area is 184 Å². The van der Waals surface area contributed by atoms with Crippen molar-refractivity contribution < 1.29 is 32.9 Å². The van der Waals surface area contributed by atoms with Crippen LogP contribution >= 0.6 is 11.6 Å². The number of piperidine rings is 1. The molecule has 1 saturated heterocycles. The third kappa shape index (κ3) is 6.04. The van der Waals surface area contributed by atoms with Crippen LogP contribution in [0, 0.1) is 0 Å². The molecule has 1 fully saturated rings. The van der Waals surface area contributed by atoms with Crippen molar-refractivity contribution >= 4 is 11.6 Å². The molecule has 1 heterocycles. The normalized spacial score (nSPS) is 17.9. The van der Waals surface area contributed by atoms with Gasteiger partial charge in [-0.15, -0.1) is 0 Å². The highest BCUT2D eigenvalue weighted by atomic mass is 35.5. The summed E-state index contributed by atoms with van der Waals surface area (Å²) in [5, 5.41) is 20.8. The van der Waals surface area contributed by atoms with Gasteiger partial charge in [-0.05, 0) is 54.8 Å². The molecule has 9 heteroatoms. The highest BCUT2D eigenvalue weighted by Crippen LogP contribution is 2.39. The lowest BCUT2D eigenvalue weighted by atomic mass is 9.83. The third-order valence-corrected chi connectivity index (χ3v) is 5.79. The van der Waals surface area contributed by atoms with Crippen molar-refractivity contribution in [3.8, 4) is 11.5 Å². The lowest BCUT2D eigenvalue weighted by Crippen LogP contribution is -2.46. The molecule has 1 aliphatic heterocycles. The van der Waals surface area contributed by atoms with E-state index in [-0.39, 0.29) is 25.0 Å². The predicted octanol–water partition coefficient (Wildman–Crippen LogP) is 4.09. The average molecular weight is 460 g/mol. The van der Waals surface area contributed by atoms with E-state index in [1.807, 2.05) is 4.90 Å². The van der Waals surface area contributed by atoms with E-state index in [1.54, 1.807) is 31.4 Å². The monoisotopic (exact) mass is 459 g/mol. The van der Waals surface area contributed by atoms with Crippen LogP contribution in [0.2, 0.25) is 5.02 Å². The van der Waals surface area contributed by atoms with Gasteiger partial charge in [-0.1, -0.05) is 17.7 Å². The summed E-state index contributed by atoms with van der Waals surface area (Å²) in [7, 11) is 1.57. The topological polar surface area (TPSA) is 62.2 Å². The molecule has 0 bridgehead atoms. The lowest BCUT2D eigenvalue weighted by molar-refractivity contribution is -0.137. The molecular weight excluding hydrogens is 435 g/mol. The SMILES string of the molecule is COc1ccc(OCC(O)CN2CCC(O)(c3ccc(Cl)c(C(F)(F)F)c3)CC2)cc1. The Hall–Kier alpha value is -2.00. The van der Waals surface area contributed by atoms with Gasteiger partial charge in [0, 0.05) is 19.6 Å². The largest absolute Gasteiger partial charge is 0.497 e. The van der Waals surface area contributed by atoms with Crippen LogP contribution in [0.15, 0.2) is 42.5 Å². The second kappa shape index (κ2) is 9.65. The van der Waals surface area contributed by atoms with E-state index < -0.39 is 28.5 Å². The number of nitrogens with zero attached hydrogens (tertiary/aromatic N) is 1. The molecule has 0 aromatic heterocycles. The first-order chi connectivity index (χ1) is 14.6. The van der Waals surface area contributed by atoms with E-state index >= 15 is 0 Å². The van der Waals surface area contributed by atoms with E-state index in [9.17, 15) is 23.4 Å². The van der Waals surface area contributed by atoms with Crippen LogP contribution < -0.4 is 9.47 Å². The molecular formula is C22H25ClF3NO4. The van der Waals surface area contributed by atoms with Gasteiger partial charge in [0.15, 0.2) is 0 Å². The number of β-amino-alcohol motifs (C(OH)–C–C–N with tert-alkyl or cyclic N) is 1. The number of hydrogen-bond donors (Lipinski definition) is 2. The van der Waals surface area contributed by atoms with Crippen LogP contribution in [0.1, 0.15) is 24.0 Å². The fraction of sp³-hybridized carbons (Fsp3) is 0.455. The summed E-state index contributed by atoms with van der Waals surface area (Å²) in [5.41, 5.74) is -2.12. The number of likely N-dealkylation sites (tertiary alicyclic amines) is 1. The van der Waals surface area contributed by atoms with Gasteiger partial charge < -0.3 is 24.6 Å². The van der Waals surface area contributed by atoms with Crippen LogP contribution in [0.3, 0.4) is 0 Å². The predicted molar refractivity (Wildman–Crippen MR) is 111 cm³/mol. The molecule has 0 aliphatic carbocycles. The molecule has 31 heavy (non-hydrogen) atoms. The number of methoxy groups -OCH3 is 1. The van der Waals surface area contributed by atoms with Gasteiger partial charge in [0.1, 0.15) is 24.2 Å². The zero-order valence-corrected chi connectivity index (χ0v) is 17.8. The fourth-order valence-electron chi connectivity index (χ4n) is 3.64. The molecule has 2 aromatic carbocycles. The van der Waals surface area contributed by atoms with Crippen molar-refractivity contribution in [3.05, 3.63) is 58.6 Å². The van der Waals surface area contributed by atoms with Gasteiger partial charge >= 0.3 is 6.18 Å². The van der Waals surface area contributed by atoms with Gasteiger partial charge in [0.25, 0.3) is 0 Å². The van der Waals surface area contributed by atoms with E-state index in [4.69, 9.17) is 21.1 Å². The summed E-state index contributed by atoms with van der Waals surface area (Å²) < 4.78 is 50.1. The number of ether oxygens (including phenoxy) is 2. The van der Waals surface area contributed by atoms with Crippen LogP contribution in [-0.2, 0) is 11.8 Å². The standard InChI is InChI=1S/C22H25ClF3NO4/c1-30-17-3-5-18(6-4-17)31-14-16(28)13-27-10-8-21(29,9-11-27)15-2-7-20(23)19(12-15)22(24,25)26/h2-7,12,16,28-29H,8-11,13-14H2,1H3. The number of aliphatic hydroxyl groups is 2. The number of halogens is 4. The molecule has 3 rings (SSSR count). The molecule has 1 aliphatic rings. The Morgan fingerprint density at radius 2 is 1.71 bits per heavy atom. The van der Waals surface area contributed by atoms with Crippen LogP contribution in [0.5, 0.6) is 11.5 Å². The summed E-state index contributed by atoms with van der Waals surface area (Å²) >= 11 is 5.68. The van der Waals surface area contributed by atoms with Gasteiger partial charge in [-0.3, -0.25) is 0 Å². The quantitative estimate of drug-likeness (QED) is 0.653. The Morgan fingerprint density at radius 3 is 2.29 bits per heavy atom. The highest BCUT2D eigenvalue weighted by molar-refractivity contribution is 6.31. The van der Waals surface area contributed by atoms with Crippen LogP contribution in [0.4, 0.5) is 13.2 Å². The van der Waals surface area contributed by atoms with E-state index in [0.29, 0.717) is 31.1 Å². The minimum absolute atomic E-state index is 0.0965. The van der Waals surface area contributed by atoms with Crippen LogP contribution in [-0.4, -0.2) is 54.6 Å². The zero-order valence-electron chi connectivity index (χ0n) is 17.0.